The van der Waals surface area contributed by atoms with Crippen molar-refractivity contribution < 1.29 is 13.2 Å². The van der Waals surface area contributed by atoms with Crippen LogP contribution in [0.2, 0.25) is 0 Å². The molecule has 1 aliphatic carbocycles. The van der Waals surface area contributed by atoms with E-state index in [4.69, 9.17) is 5.73 Å². The molecular formula is C24H32N2O3S. The lowest BCUT2D eigenvalue weighted by atomic mass is 9.60. The number of benzene rings is 2. The molecule has 3 rings (SSSR count). The van der Waals surface area contributed by atoms with E-state index < -0.39 is 15.9 Å². The van der Waals surface area contributed by atoms with Crippen LogP contribution in [0.25, 0.3) is 0 Å². The number of carbonyl (C=O) groups is 1. The van der Waals surface area contributed by atoms with Gasteiger partial charge in [0, 0.05) is 18.5 Å². The standard InChI is InChI=1S/C24H32N2O3S/c1-4-24(19-8-6-5-7-9-19)16-14-23(2,15-17-24)18-26(22(25)27)20-10-12-21(13-11-20)30(3,28)29/h5-13H,4,14-18H2,1-3H3,(H2,25,27)/t23-,24+. The Hall–Kier alpha value is -2.34. The summed E-state index contributed by atoms with van der Waals surface area (Å²) in [6.45, 7) is 5.00. The van der Waals surface area contributed by atoms with Crippen LogP contribution in [0.5, 0.6) is 0 Å². The molecule has 0 bridgehead atoms. The minimum absolute atomic E-state index is 0.0437. The number of primary amides is 1. The van der Waals surface area contributed by atoms with Crippen molar-refractivity contribution in [2.45, 2.75) is 56.3 Å². The number of hydrogen-bond donors (Lipinski definition) is 1. The number of nitrogens with zero attached hydrogens (tertiary/aromatic N) is 1. The lowest BCUT2D eigenvalue weighted by molar-refractivity contribution is 0.145. The maximum atomic E-state index is 12.2. The van der Waals surface area contributed by atoms with Crippen molar-refractivity contribution in [3.8, 4) is 0 Å². The summed E-state index contributed by atoms with van der Waals surface area (Å²) >= 11 is 0. The maximum Gasteiger partial charge on any atom is 0.319 e. The molecule has 0 spiro atoms. The lowest BCUT2D eigenvalue weighted by Crippen LogP contribution is -2.46. The first-order chi connectivity index (χ1) is 14.1. The maximum absolute atomic E-state index is 12.2. The van der Waals surface area contributed by atoms with Crippen molar-refractivity contribution in [3.63, 3.8) is 0 Å². The molecule has 0 saturated heterocycles. The average molecular weight is 429 g/mol. The van der Waals surface area contributed by atoms with Crippen LogP contribution in [0, 0.1) is 5.41 Å². The van der Waals surface area contributed by atoms with Crippen LogP contribution in [0.4, 0.5) is 10.5 Å². The van der Waals surface area contributed by atoms with Crippen molar-refractivity contribution in [1.82, 2.24) is 0 Å². The Bertz CT molecular complexity index is 977. The van der Waals surface area contributed by atoms with Gasteiger partial charge in [-0.3, -0.25) is 4.90 Å². The highest BCUT2D eigenvalue weighted by Crippen LogP contribution is 2.49. The van der Waals surface area contributed by atoms with Crippen LogP contribution in [0.15, 0.2) is 59.5 Å². The Morgan fingerprint density at radius 3 is 2.03 bits per heavy atom. The molecule has 1 saturated carbocycles. The van der Waals surface area contributed by atoms with Gasteiger partial charge in [0.1, 0.15) is 0 Å². The molecule has 1 fully saturated rings. The molecule has 0 unspecified atom stereocenters. The van der Waals surface area contributed by atoms with Gasteiger partial charge in [-0.2, -0.15) is 0 Å². The molecule has 6 heteroatoms. The van der Waals surface area contributed by atoms with Crippen LogP contribution < -0.4 is 10.6 Å². The van der Waals surface area contributed by atoms with E-state index in [2.05, 4.69) is 44.2 Å². The highest BCUT2D eigenvalue weighted by atomic mass is 32.2. The summed E-state index contributed by atoms with van der Waals surface area (Å²) < 4.78 is 23.4. The third-order valence-electron chi connectivity index (χ3n) is 6.86. The van der Waals surface area contributed by atoms with Crippen LogP contribution in [0.1, 0.15) is 51.5 Å². The smallest absolute Gasteiger partial charge is 0.319 e. The highest BCUT2D eigenvalue weighted by molar-refractivity contribution is 7.90. The summed E-state index contributed by atoms with van der Waals surface area (Å²) in [6, 6.07) is 16.6. The zero-order chi connectivity index (χ0) is 22.0. The van der Waals surface area contributed by atoms with Gasteiger partial charge in [0.15, 0.2) is 9.84 Å². The van der Waals surface area contributed by atoms with E-state index in [-0.39, 0.29) is 15.7 Å². The number of urea groups is 1. The van der Waals surface area contributed by atoms with E-state index in [0.29, 0.717) is 12.2 Å². The number of anilines is 1. The van der Waals surface area contributed by atoms with Crippen molar-refractivity contribution >= 4 is 21.6 Å². The Balaban J connectivity index is 1.77. The Labute approximate surface area is 180 Å². The zero-order valence-corrected chi connectivity index (χ0v) is 18.9. The molecule has 0 radical (unpaired) electrons. The molecule has 1 aliphatic rings. The Morgan fingerprint density at radius 2 is 1.57 bits per heavy atom. The van der Waals surface area contributed by atoms with Crippen molar-refractivity contribution in [3.05, 3.63) is 60.2 Å². The van der Waals surface area contributed by atoms with E-state index >= 15 is 0 Å². The number of sulfone groups is 1. The van der Waals surface area contributed by atoms with Gasteiger partial charge < -0.3 is 5.73 Å². The third-order valence-corrected chi connectivity index (χ3v) is 7.99. The number of amides is 2. The second-order valence-corrected chi connectivity index (χ2v) is 11.0. The summed E-state index contributed by atoms with van der Waals surface area (Å²) in [4.78, 5) is 14.0. The predicted molar refractivity (Wildman–Crippen MR) is 121 cm³/mol. The fourth-order valence-corrected chi connectivity index (χ4v) is 5.31. The second-order valence-electron chi connectivity index (χ2n) is 9.00. The van der Waals surface area contributed by atoms with Crippen molar-refractivity contribution in [1.29, 1.82) is 0 Å². The Kier molecular flexibility index (Phi) is 6.27. The molecule has 30 heavy (non-hydrogen) atoms. The summed E-state index contributed by atoms with van der Waals surface area (Å²) in [6.07, 6.45) is 6.42. The average Bonchev–Trinajstić information content (AvgIpc) is 2.73. The van der Waals surface area contributed by atoms with Crippen molar-refractivity contribution in [2.24, 2.45) is 11.1 Å². The van der Waals surface area contributed by atoms with Gasteiger partial charge >= 0.3 is 6.03 Å². The number of rotatable bonds is 6. The number of nitrogens with two attached hydrogens (primary N) is 1. The summed E-state index contributed by atoms with van der Waals surface area (Å²) in [5, 5.41) is 0. The fourth-order valence-electron chi connectivity index (χ4n) is 4.68. The number of carbonyl (C=O) groups excluding carboxylic acids is 1. The molecule has 0 aromatic heterocycles. The van der Waals surface area contributed by atoms with Crippen LogP contribution >= 0.6 is 0 Å². The number of hydrogen-bond acceptors (Lipinski definition) is 3. The van der Waals surface area contributed by atoms with Gasteiger partial charge in [-0.25, -0.2) is 13.2 Å². The van der Waals surface area contributed by atoms with Gasteiger partial charge in [0.05, 0.1) is 4.90 Å². The molecule has 0 aliphatic heterocycles. The topological polar surface area (TPSA) is 80.5 Å². The Morgan fingerprint density at radius 1 is 1.00 bits per heavy atom. The highest BCUT2D eigenvalue weighted by Gasteiger charge is 2.41. The van der Waals surface area contributed by atoms with E-state index in [9.17, 15) is 13.2 Å². The van der Waals surface area contributed by atoms with Gasteiger partial charge in [-0.1, -0.05) is 44.2 Å². The van der Waals surface area contributed by atoms with E-state index in [0.717, 1.165) is 32.1 Å². The van der Waals surface area contributed by atoms with Gasteiger partial charge in [0.25, 0.3) is 0 Å². The SMILES string of the molecule is CC[C@]1(c2ccccc2)CC[C@@](C)(CN(C(N)=O)c2ccc(S(C)(=O)=O)cc2)CC1. The minimum atomic E-state index is -3.28. The first-order valence-electron chi connectivity index (χ1n) is 10.5. The molecule has 162 valence electrons. The molecular weight excluding hydrogens is 396 g/mol. The predicted octanol–water partition coefficient (Wildman–Crippen LogP) is 4.90. The zero-order valence-electron chi connectivity index (χ0n) is 18.1. The molecule has 0 atom stereocenters. The summed E-state index contributed by atoms with van der Waals surface area (Å²) in [5.74, 6) is 0. The molecule has 2 N–H and O–H groups in total. The summed E-state index contributed by atoms with van der Waals surface area (Å²) in [7, 11) is -3.28. The first-order valence-corrected chi connectivity index (χ1v) is 12.4. The monoisotopic (exact) mass is 428 g/mol. The third kappa shape index (κ3) is 4.69. The largest absolute Gasteiger partial charge is 0.351 e. The summed E-state index contributed by atoms with van der Waals surface area (Å²) in [5.41, 5.74) is 7.89. The molecule has 2 amide bonds. The van der Waals surface area contributed by atoms with Crippen LogP contribution in [0.3, 0.4) is 0 Å². The quantitative estimate of drug-likeness (QED) is 0.710. The second kappa shape index (κ2) is 8.42. The van der Waals surface area contributed by atoms with E-state index in [1.807, 2.05) is 0 Å². The molecule has 2 aromatic rings. The fraction of sp³-hybridized carbons (Fsp3) is 0.458. The van der Waals surface area contributed by atoms with E-state index in [1.54, 1.807) is 17.0 Å². The minimum Gasteiger partial charge on any atom is -0.351 e. The van der Waals surface area contributed by atoms with Crippen LogP contribution in [-0.2, 0) is 15.3 Å². The first kappa shape index (κ1) is 22.3. The van der Waals surface area contributed by atoms with Crippen molar-refractivity contribution in [2.75, 3.05) is 17.7 Å². The van der Waals surface area contributed by atoms with E-state index in [1.165, 1.54) is 24.0 Å². The van der Waals surface area contributed by atoms with Gasteiger partial charge in [0.2, 0.25) is 0 Å². The molecule has 5 nitrogen and oxygen atoms in total. The normalized spacial score (nSPS) is 24.4. The van der Waals surface area contributed by atoms with Gasteiger partial charge in [-0.05, 0) is 72.8 Å². The van der Waals surface area contributed by atoms with Gasteiger partial charge in [-0.15, -0.1) is 0 Å². The van der Waals surface area contributed by atoms with Crippen LogP contribution in [-0.4, -0.2) is 27.2 Å². The lowest BCUT2D eigenvalue weighted by Gasteiger charge is -2.46. The molecule has 0 heterocycles. The molecule has 2 aromatic carbocycles.